The number of likely N-dealkylation sites (tertiary alicyclic amines) is 1. The van der Waals surface area contributed by atoms with Gasteiger partial charge in [0.15, 0.2) is 0 Å². The second-order valence-electron chi connectivity index (χ2n) is 6.08. The van der Waals surface area contributed by atoms with E-state index in [1.165, 1.54) is 23.6 Å². The molecule has 3 nitrogen and oxygen atoms in total. The number of aromatic hydroxyl groups is 1. The molecule has 2 aromatic rings. The topological polar surface area (TPSA) is 49.5 Å². The fourth-order valence-electron chi connectivity index (χ4n) is 3.38. The van der Waals surface area contributed by atoms with Crippen LogP contribution in [-0.4, -0.2) is 29.6 Å². The second kappa shape index (κ2) is 6.46. The molecule has 0 aliphatic carbocycles. The molecule has 1 fully saturated rings. The average Bonchev–Trinajstić information content (AvgIpc) is 2.52. The number of nitrogens with zero attached hydrogens (tertiary/aromatic N) is 1. The van der Waals surface area contributed by atoms with E-state index in [1.54, 1.807) is 0 Å². The van der Waals surface area contributed by atoms with Crippen LogP contribution >= 0.6 is 0 Å². The van der Waals surface area contributed by atoms with Gasteiger partial charge in [0.1, 0.15) is 5.75 Å². The molecule has 3 N–H and O–H groups in total. The molecule has 1 aliphatic heterocycles. The monoisotopic (exact) mass is 284 g/mol. The van der Waals surface area contributed by atoms with E-state index >= 15 is 0 Å². The van der Waals surface area contributed by atoms with Gasteiger partial charge < -0.3 is 10.8 Å². The van der Waals surface area contributed by atoms with Crippen LogP contribution in [0.1, 0.15) is 24.8 Å². The molecule has 0 aromatic heterocycles. The maximum Gasteiger partial charge on any atom is 0.120 e. The first-order chi connectivity index (χ1) is 10.3. The first-order valence-electron chi connectivity index (χ1n) is 7.90. The maximum atomic E-state index is 10.2. The zero-order chi connectivity index (χ0) is 14.7. The van der Waals surface area contributed by atoms with E-state index in [4.69, 9.17) is 5.73 Å². The number of benzene rings is 2. The van der Waals surface area contributed by atoms with Gasteiger partial charge in [-0.2, -0.15) is 0 Å². The highest BCUT2D eigenvalue weighted by molar-refractivity contribution is 5.87. The maximum absolute atomic E-state index is 10.2. The SMILES string of the molecule is NCCC1CCN(Cc2c(O)ccc3ccccc23)CC1. The summed E-state index contributed by atoms with van der Waals surface area (Å²) in [5.74, 6) is 1.20. The van der Waals surface area contributed by atoms with Gasteiger partial charge in [-0.3, -0.25) is 4.90 Å². The second-order valence-corrected chi connectivity index (χ2v) is 6.08. The van der Waals surface area contributed by atoms with Crippen molar-refractivity contribution in [2.24, 2.45) is 11.7 Å². The summed E-state index contributed by atoms with van der Waals surface area (Å²) in [6, 6.07) is 12.1. The Hall–Kier alpha value is -1.58. The van der Waals surface area contributed by atoms with Crippen LogP contribution in [-0.2, 0) is 6.54 Å². The number of hydrogen-bond donors (Lipinski definition) is 2. The highest BCUT2D eigenvalue weighted by atomic mass is 16.3. The van der Waals surface area contributed by atoms with E-state index in [9.17, 15) is 5.11 Å². The molecule has 0 atom stereocenters. The number of fused-ring (bicyclic) bond motifs is 1. The summed E-state index contributed by atoms with van der Waals surface area (Å²) in [4.78, 5) is 2.45. The van der Waals surface area contributed by atoms with Crippen LogP contribution in [0, 0.1) is 5.92 Å². The van der Waals surface area contributed by atoms with Crippen LogP contribution in [0.5, 0.6) is 5.75 Å². The number of hydrogen-bond acceptors (Lipinski definition) is 3. The van der Waals surface area contributed by atoms with Crippen LogP contribution in [0.2, 0.25) is 0 Å². The summed E-state index contributed by atoms with van der Waals surface area (Å²) in [6.45, 7) is 3.85. The molecule has 0 spiro atoms. The molecule has 2 aromatic carbocycles. The summed E-state index contributed by atoms with van der Waals surface area (Å²) in [5, 5.41) is 12.6. The van der Waals surface area contributed by atoms with E-state index in [2.05, 4.69) is 17.0 Å². The molecule has 3 heteroatoms. The minimum Gasteiger partial charge on any atom is -0.508 e. The van der Waals surface area contributed by atoms with Gasteiger partial charge in [0.25, 0.3) is 0 Å². The van der Waals surface area contributed by atoms with Gasteiger partial charge in [-0.25, -0.2) is 0 Å². The number of phenols is 1. The van der Waals surface area contributed by atoms with Gasteiger partial charge in [0.2, 0.25) is 0 Å². The highest BCUT2D eigenvalue weighted by Crippen LogP contribution is 2.30. The summed E-state index contributed by atoms with van der Waals surface area (Å²) < 4.78 is 0. The zero-order valence-corrected chi connectivity index (χ0v) is 12.5. The quantitative estimate of drug-likeness (QED) is 0.907. The third kappa shape index (κ3) is 3.20. The van der Waals surface area contributed by atoms with Crippen molar-refractivity contribution in [3.05, 3.63) is 42.0 Å². The Morgan fingerprint density at radius 1 is 1.10 bits per heavy atom. The van der Waals surface area contributed by atoms with E-state index in [1.807, 2.05) is 24.3 Å². The van der Waals surface area contributed by atoms with Crippen molar-refractivity contribution in [3.8, 4) is 5.75 Å². The Morgan fingerprint density at radius 3 is 2.62 bits per heavy atom. The van der Waals surface area contributed by atoms with Crippen molar-refractivity contribution >= 4 is 10.8 Å². The molecule has 21 heavy (non-hydrogen) atoms. The molecule has 1 saturated heterocycles. The van der Waals surface area contributed by atoms with Crippen LogP contribution in [0.4, 0.5) is 0 Å². The molecule has 1 aliphatic rings. The molecule has 112 valence electrons. The van der Waals surface area contributed by atoms with E-state index < -0.39 is 0 Å². The largest absolute Gasteiger partial charge is 0.508 e. The van der Waals surface area contributed by atoms with E-state index in [-0.39, 0.29) is 0 Å². The predicted molar refractivity (Wildman–Crippen MR) is 87.3 cm³/mol. The zero-order valence-electron chi connectivity index (χ0n) is 12.5. The molecule has 0 amide bonds. The summed E-state index contributed by atoms with van der Waals surface area (Å²) in [5.41, 5.74) is 6.71. The number of rotatable bonds is 4. The van der Waals surface area contributed by atoms with Crippen molar-refractivity contribution in [1.82, 2.24) is 4.90 Å². The smallest absolute Gasteiger partial charge is 0.120 e. The van der Waals surface area contributed by atoms with Gasteiger partial charge >= 0.3 is 0 Å². The van der Waals surface area contributed by atoms with Crippen molar-refractivity contribution in [1.29, 1.82) is 0 Å². The van der Waals surface area contributed by atoms with Crippen molar-refractivity contribution < 1.29 is 5.11 Å². The minimum atomic E-state index is 0.415. The standard InChI is InChI=1S/C18H24N2O/c19-10-7-14-8-11-20(12-9-14)13-17-16-4-2-1-3-15(16)5-6-18(17)21/h1-6,14,21H,7-13,19H2. The number of piperidine rings is 1. The Balaban J connectivity index is 1.75. The lowest BCUT2D eigenvalue weighted by Gasteiger charge is -2.32. The van der Waals surface area contributed by atoms with E-state index in [0.29, 0.717) is 5.75 Å². The lowest BCUT2D eigenvalue weighted by molar-refractivity contribution is 0.173. The molecular weight excluding hydrogens is 260 g/mol. The minimum absolute atomic E-state index is 0.415. The van der Waals surface area contributed by atoms with Gasteiger partial charge in [-0.1, -0.05) is 30.3 Å². The summed E-state index contributed by atoms with van der Waals surface area (Å²) >= 11 is 0. The third-order valence-corrected chi connectivity index (χ3v) is 4.68. The molecule has 0 bridgehead atoms. The van der Waals surface area contributed by atoms with Crippen LogP contribution in [0.25, 0.3) is 10.8 Å². The van der Waals surface area contributed by atoms with Crippen LogP contribution in [0.3, 0.4) is 0 Å². The molecular formula is C18H24N2O. The summed E-state index contributed by atoms with van der Waals surface area (Å²) in [7, 11) is 0. The van der Waals surface area contributed by atoms with Crippen LogP contribution in [0.15, 0.2) is 36.4 Å². The van der Waals surface area contributed by atoms with Gasteiger partial charge in [-0.15, -0.1) is 0 Å². The number of phenolic OH excluding ortho intramolecular Hbond substituents is 1. The average molecular weight is 284 g/mol. The Labute approximate surface area is 126 Å². The molecule has 0 radical (unpaired) electrons. The lowest BCUT2D eigenvalue weighted by Crippen LogP contribution is -2.33. The highest BCUT2D eigenvalue weighted by Gasteiger charge is 2.20. The first kappa shape index (κ1) is 14.4. The van der Waals surface area contributed by atoms with Crippen molar-refractivity contribution in [2.75, 3.05) is 19.6 Å². The fourth-order valence-corrected chi connectivity index (χ4v) is 3.38. The Kier molecular flexibility index (Phi) is 4.42. The fraction of sp³-hybridized carbons (Fsp3) is 0.444. The normalized spacial score (nSPS) is 17.4. The van der Waals surface area contributed by atoms with Gasteiger partial charge in [-0.05, 0) is 61.7 Å². The Morgan fingerprint density at radius 2 is 1.86 bits per heavy atom. The summed E-state index contributed by atoms with van der Waals surface area (Å²) in [6.07, 6.45) is 3.60. The van der Waals surface area contributed by atoms with Gasteiger partial charge in [0, 0.05) is 12.1 Å². The molecule has 0 unspecified atom stereocenters. The molecule has 0 saturated carbocycles. The van der Waals surface area contributed by atoms with E-state index in [0.717, 1.165) is 44.1 Å². The predicted octanol–water partition coefficient (Wildman–Crippen LogP) is 3.11. The first-order valence-corrected chi connectivity index (χ1v) is 7.90. The Bertz CT molecular complexity index is 603. The van der Waals surface area contributed by atoms with Crippen molar-refractivity contribution in [2.45, 2.75) is 25.8 Å². The van der Waals surface area contributed by atoms with Crippen LogP contribution < -0.4 is 5.73 Å². The van der Waals surface area contributed by atoms with Gasteiger partial charge in [0.05, 0.1) is 0 Å². The van der Waals surface area contributed by atoms with Crippen molar-refractivity contribution in [3.63, 3.8) is 0 Å². The molecule has 1 heterocycles. The molecule has 3 rings (SSSR count). The third-order valence-electron chi connectivity index (χ3n) is 4.68. The number of nitrogens with two attached hydrogens (primary N) is 1. The lowest BCUT2D eigenvalue weighted by atomic mass is 9.93.